The largest absolute Gasteiger partial charge is 0.350 e. The molecule has 1 aliphatic rings. The molecule has 0 saturated carbocycles. The van der Waals surface area contributed by atoms with Crippen LogP contribution >= 0.6 is 0 Å². The lowest BCUT2D eigenvalue weighted by Gasteiger charge is -2.27. The van der Waals surface area contributed by atoms with Crippen LogP contribution in [-0.4, -0.2) is 35.0 Å². The van der Waals surface area contributed by atoms with Gasteiger partial charge in [-0.3, -0.25) is 9.78 Å². The smallest absolute Gasteiger partial charge is 0.257 e. The van der Waals surface area contributed by atoms with Gasteiger partial charge in [-0.15, -0.1) is 0 Å². The molecule has 1 atom stereocenters. The van der Waals surface area contributed by atoms with E-state index in [1.54, 1.807) is 12.3 Å². The minimum atomic E-state index is -0.713. The molecule has 35 heavy (non-hydrogen) atoms. The Bertz CT molecular complexity index is 1210. The summed E-state index contributed by atoms with van der Waals surface area (Å²) >= 11 is 0. The molecule has 1 amide bonds. The molecular weight excluding hydrogens is 440 g/mol. The van der Waals surface area contributed by atoms with Crippen molar-refractivity contribution >= 4 is 11.6 Å². The first kappa shape index (κ1) is 24.6. The number of carbonyl (C=O) groups is 1. The fraction of sp³-hybridized carbons (Fsp3) is 0.393. The average Bonchev–Trinajstić information content (AvgIpc) is 3.55. The molecule has 182 valence electrons. The van der Waals surface area contributed by atoms with Gasteiger partial charge in [0.2, 0.25) is 0 Å². The molecule has 1 fully saturated rings. The van der Waals surface area contributed by atoms with Crippen molar-refractivity contribution in [2.45, 2.75) is 58.2 Å². The van der Waals surface area contributed by atoms with Gasteiger partial charge in [-0.2, -0.15) is 5.26 Å². The Morgan fingerprint density at radius 2 is 2.00 bits per heavy atom. The molecule has 1 aromatic carbocycles. The maximum absolute atomic E-state index is 12.9. The van der Waals surface area contributed by atoms with Crippen LogP contribution in [0.5, 0.6) is 0 Å². The van der Waals surface area contributed by atoms with Gasteiger partial charge >= 0.3 is 0 Å². The minimum absolute atomic E-state index is 0.210. The summed E-state index contributed by atoms with van der Waals surface area (Å²) in [6.07, 6.45) is 7.88. The molecule has 2 aromatic heterocycles. The third-order valence-electron chi connectivity index (χ3n) is 6.49. The van der Waals surface area contributed by atoms with E-state index in [1.165, 1.54) is 5.56 Å². The van der Waals surface area contributed by atoms with Crippen LogP contribution in [0, 0.1) is 25.2 Å². The molecular formula is C28H32N4O3. The highest BCUT2D eigenvalue weighted by atomic mass is 16.7. The predicted molar refractivity (Wildman–Crippen MR) is 135 cm³/mol. The summed E-state index contributed by atoms with van der Waals surface area (Å²) in [5.74, 6) is -0.210. The Balaban J connectivity index is 1.45. The van der Waals surface area contributed by atoms with E-state index in [9.17, 15) is 10.1 Å². The van der Waals surface area contributed by atoms with Gasteiger partial charge in [-0.25, -0.2) is 0 Å². The summed E-state index contributed by atoms with van der Waals surface area (Å²) in [6.45, 7) is 7.37. The molecule has 1 N–H and O–H groups in total. The molecule has 1 unspecified atom stereocenters. The number of aromatic nitrogens is 2. The Labute approximate surface area is 206 Å². The number of amides is 1. The fourth-order valence-electron chi connectivity index (χ4n) is 4.65. The summed E-state index contributed by atoms with van der Waals surface area (Å²) in [5, 5.41) is 13.0. The lowest BCUT2D eigenvalue weighted by Crippen LogP contribution is -2.27. The third kappa shape index (κ3) is 5.61. The lowest BCUT2D eigenvalue weighted by atomic mass is 9.77. The van der Waals surface area contributed by atoms with Crippen molar-refractivity contribution in [1.82, 2.24) is 9.55 Å². The van der Waals surface area contributed by atoms with Gasteiger partial charge in [0.1, 0.15) is 0 Å². The predicted octanol–water partition coefficient (Wildman–Crippen LogP) is 5.46. The van der Waals surface area contributed by atoms with Crippen LogP contribution in [0.4, 0.5) is 5.69 Å². The van der Waals surface area contributed by atoms with Gasteiger partial charge in [-0.1, -0.05) is 31.0 Å². The number of rotatable bonds is 9. The Hall–Kier alpha value is -3.47. The van der Waals surface area contributed by atoms with Gasteiger partial charge in [0, 0.05) is 24.5 Å². The van der Waals surface area contributed by atoms with Gasteiger partial charge in [0.15, 0.2) is 6.29 Å². The maximum Gasteiger partial charge on any atom is 0.257 e. The van der Waals surface area contributed by atoms with Crippen molar-refractivity contribution in [1.29, 1.82) is 5.26 Å². The van der Waals surface area contributed by atoms with Crippen LogP contribution in [-0.2, 0) is 14.9 Å². The van der Waals surface area contributed by atoms with Crippen LogP contribution in [0.1, 0.15) is 59.8 Å². The van der Waals surface area contributed by atoms with E-state index < -0.39 is 5.41 Å². The van der Waals surface area contributed by atoms with Gasteiger partial charge in [0.25, 0.3) is 5.91 Å². The number of ether oxygens (including phenoxy) is 2. The second-order valence-corrected chi connectivity index (χ2v) is 9.14. The van der Waals surface area contributed by atoms with E-state index in [1.807, 2.05) is 29.1 Å². The van der Waals surface area contributed by atoms with E-state index >= 15 is 0 Å². The van der Waals surface area contributed by atoms with E-state index in [4.69, 9.17) is 9.47 Å². The molecule has 1 aliphatic heterocycles. The molecule has 7 heteroatoms. The molecule has 0 bridgehead atoms. The molecule has 0 radical (unpaired) electrons. The molecule has 7 nitrogen and oxygen atoms in total. The van der Waals surface area contributed by atoms with Crippen LogP contribution in [0.2, 0.25) is 0 Å². The molecule has 3 heterocycles. The Morgan fingerprint density at radius 1 is 1.20 bits per heavy atom. The topological polar surface area (TPSA) is 89.2 Å². The quantitative estimate of drug-likeness (QED) is 0.447. The normalized spacial score (nSPS) is 15.5. The fourth-order valence-corrected chi connectivity index (χ4v) is 4.65. The van der Waals surface area contributed by atoms with E-state index in [2.05, 4.69) is 55.3 Å². The van der Waals surface area contributed by atoms with Crippen LogP contribution in [0.15, 0.2) is 55.0 Å². The number of benzene rings is 1. The summed E-state index contributed by atoms with van der Waals surface area (Å²) in [7, 11) is 0. The van der Waals surface area contributed by atoms with Gasteiger partial charge in [0.05, 0.1) is 47.8 Å². The van der Waals surface area contributed by atoms with E-state index in [-0.39, 0.29) is 12.2 Å². The van der Waals surface area contributed by atoms with Crippen molar-refractivity contribution < 1.29 is 14.3 Å². The first-order chi connectivity index (χ1) is 16.9. The number of aryl methyl sites for hydroxylation is 2. The zero-order chi connectivity index (χ0) is 24.8. The highest BCUT2D eigenvalue weighted by molar-refractivity contribution is 6.04. The molecule has 1 saturated heterocycles. The van der Waals surface area contributed by atoms with Gasteiger partial charge < -0.3 is 19.4 Å². The first-order valence-electron chi connectivity index (χ1n) is 12.1. The second-order valence-electron chi connectivity index (χ2n) is 9.14. The van der Waals surface area contributed by atoms with E-state index in [0.717, 1.165) is 17.7 Å². The lowest BCUT2D eigenvalue weighted by molar-refractivity contribution is -0.0503. The summed E-state index contributed by atoms with van der Waals surface area (Å²) in [5.41, 5.74) is 4.53. The second kappa shape index (κ2) is 10.9. The highest BCUT2D eigenvalue weighted by Crippen LogP contribution is 2.34. The van der Waals surface area contributed by atoms with Crippen molar-refractivity contribution in [3.63, 3.8) is 0 Å². The van der Waals surface area contributed by atoms with Crippen molar-refractivity contribution in [2.75, 3.05) is 18.5 Å². The number of pyridine rings is 1. The SMILES string of the molecule is CCCC(C#N)(CCC1OCCO1)c1ccc(NC(=O)c2ccn(-c3ccc(C)cc3C)c2)cn1. The number of anilines is 1. The number of nitriles is 1. The molecule has 3 aromatic rings. The number of hydrogen-bond acceptors (Lipinski definition) is 5. The first-order valence-corrected chi connectivity index (χ1v) is 12.1. The number of carbonyl (C=O) groups excluding carboxylic acids is 1. The maximum atomic E-state index is 12.9. The zero-order valence-electron chi connectivity index (χ0n) is 20.6. The van der Waals surface area contributed by atoms with Crippen molar-refractivity contribution in [3.8, 4) is 11.8 Å². The molecule has 0 spiro atoms. The van der Waals surface area contributed by atoms with E-state index in [0.29, 0.717) is 49.4 Å². The Morgan fingerprint density at radius 3 is 2.66 bits per heavy atom. The number of hydrogen-bond donors (Lipinski definition) is 1. The number of nitrogens with one attached hydrogen (secondary N) is 1. The van der Waals surface area contributed by atoms with Crippen LogP contribution in [0.3, 0.4) is 0 Å². The standard InChI is InChI=1S/C28H32N4O3/c1-4-11-28(19-29,12-9-26-34-14-15-35-26)25-8-6-23(17-30-25)31-27(33)22-10-13-32(18-22)24-7-5-20(2)16-21(24)3/h5-8,10,13,16-18,26H,4,9,11-12,14-15H2,1-3H3,(H,31,33). The van der Waals surface area contributed by atoms with Crippen molar-refractivity contribution in [2.24, 2.45) is 0 Å². The minimum Gasteiger partial charge on any atom is -0.350 e. The van der Waals surface area contributed by atoms with Crippen LogP contribution in [0.25, 0.3) is 5.69 Å². The third-order valence-corrected chi connectivity index (χ3v) is 6.49. The highest BCUT2D eigenvalue weighted by Gasteiger charge is 2.34. The van der Waals surface area contributed by atoms with Crippen LogP contribution < -0.4 is 5.32 Å². The summed E-state index contributed by atoms with van der Waals surface area (Å²) in [4.78, 5) is 17.4. The number of nitrogens with zero attached hydrogens (tertiary/aromatic N) is 3. The zero-order valence-corrected chi connectivity index (χ0v) is 20.6. The monoisotopic (exact) mass is 472 g/mol. The average molecular weight is 473 g/mol. The van der Waals surface area contributed by atoms with Crippen molar-refractivity contribution in [3.05, 3.63) is 77.4 Å². The molecule has 0 aliphatic carbocycles. The summed E-state index contributed by atoms with van der Waals surface area (Å²) < 4.78 is 13.1. The Kier molecular flexibility index (Phi) is 7.64. The molecule has 4 rings (SSSR count). The summed E-state index contributed by atoms with van der Waals surface area (Å²) in [6, 6.07) is 14.2. The van der Waals surface area contributed by atoms with Gasteiger partial charge in [-0.05, 0) is 56.5 Å².